The van der Waals surface area contributed by atoms with E-state index in [0.717, 1.165) is 30.4 Å². The van der Waals surface area contributed by atoms with Crippen LogP contribution in [0.4, 0.5) is 0 Å². The first-order valence-electron chi connectivity index (χ1n) is 6.24. The summed E-state index contributed by atoms with van der Waals surface area (Å²) in [5.41, 5.74) is 1.97. The zero-order chi connectivity index (χ0) is 12.0. The minimum absolute atomic E-state index is 0.250. The summed E-state index contributed by atoms with van der Waals surface area (Å²) in [4.78, 5) is 11.3. The van der Waals surface area contributed by atoms with Crippen LogP contribution in [-0.2, 0) is 4.79 Å². The maximum atomic E-state index is 11.3. The van der Waals surface area contributed by atoms with Crippen molar-refractivity contribution in [2.24, 2.45) is 0 Å². The molecule has 2 heteroatoms. The first-order valence-corrected chi connectivity index (χ1v) is 6.24. The van der Waals surface area contributed by atoms with E-state index in [0.29, 0.717) is 6.42 Å². The molecule has 0 saturated heterocycles. The van der Waals surface area contributed by atoms with Gasteiger partial charge in [-0.15, -0.1) is 0 Å². The Morgan fingerprint density at radius 1 is 1.38 bits per heavy atom. The summed E-state index contributed by atoms with van der Waals surface area (Å²) in [6.45, 7) is 4.03. The van der Waals surface area contributed by atoms with Crippen molar-refractivity contribution >= 4 is 5.78 Å². The third-order valence-corrected chi connectivity index (χ3v) is 3.14. The van der Waals surface area contributed by atoms with E-state index in [1.165, 1.54) is 12.8 Å². The Labute approximate surface area is 98.1 Å². The molecule has 0 aromatic rings. The van der Waals surface area contributed by atoms with E-state index in [9.17, 15) is 9.90 Å². The maximum Gasteiger partial charge on any atom is 0.159 e. The van der Waals surface area contributed by atoms with Crippen molar-refractivity contribution in [2.45, 2.75) is 58.5 Å². The minimum atomic E-state index is -0.359. The molecule has 0 aromatic carbocycles. The summed E-state index contributed by atoms with van der Waals surface area (Å²) in [5.74, 6) is 0.250. The second kappa shape index (κ2) is 6.64. The van der Waals surface area contributed by atoms with Crippen LogP contribution in [0.2, 0.25) is 0 Å². The SMILES string of the molecule is CCCCCC(O)/C=C/C1=C(C)C(=O)CC1. The molecular formula is C14H22O2. The van der Waals surface area contributed by atoms with E-state index in [1.807, 2.05) is 19.1 Å². The highest BCUT2D eigenvalue weighted by molar-refractivity contribution is 5.98. The first kappa shape index (κ1) is 13.2. The minimum Gasteiger partial charge on any atom is -0.389 e. The van der Waals surface area contributed by atoms with Gasteiger partial charge in [0.05, 0.1) is 6.10 Å². The molecule has 2 nitrogen and oxygen atoms in total. The molecule has 0 amide bonds. The summed E-state index contributed by atoms with van der Waals surface area (Å²) in [6, 6.07) is 0. The van der Waals surface area contributed by atoms with Gasteiger partial charge in [0.1, 0.15) is 0 Å². The standard InChI is InChI=1S/C14H22O2/c1-3-4-5-6-13(15)9-7-12-8-10-14(16)11(12)2/h7,9,13,15H,3-6,8,10H2,1-2H3/b9-7+. The van der Waals surface area contributed by atoms with Crippen molar-refractivity contribution in [3.05, 3.63) is 23.3 Å². The van der Waals surface area contributed by atoms with Crippen molar-refractivity contribution in [3.63, 3.8) is 0 Å². The molecule has 1 N–H and O–H groups in total. The summed E-state index contributed by atoms with van der Waals surface area (Å²) < 4.78 is 0. The smallest absolute Gasteiger partial charge is 0.159 e. The van der Waals surface area contributed by atoms with Crippen LogP contribution in [0, 0.1) is 0 Å². The number of hydrogen-bond donors (Lipinski definition) is 1. The van der Waals surface area contributed by atoms with E-state index in [2.05, 4.69) is 6.92 Å². The van der Waals surface area contributed by atoms with Gasteiger partial charge in [-0.3, -0.25) is 4.79 Å². The Hall–Kier alpha value is -0.890. The number of aliphatic hydroxyl groups is 1. The number of Topliss-reactive ketones (excluding diaryl/α,β-unsaturated/α-hetero) is 1. The summed E-state index contributed by atoms with van der Waals surface area (Å²) in [7, 11) is 0. The van der Waals surface area contributed by atoms with Crippen molar-refractivity contribution in [1.82, 2.24) is 0 Å². The number of ketones is 1. The molecule has 0 aromatic heterocycles. The fourth-order valence-corrected chi connectivity index (χ4v) is 1.94. The molecular weight excluding hydrogens is 200 g/mol. The number of carbonyl (C=O) groups excluding carboxylic acids is 1. The lowest BCUT2D eigenvalue weighted by Crippen LogP contribution is -2.01. The van der Waals surface area contributed by atoms with Crippen LogP contribution < -0.4 is 0 Å². The van der Waals surface area contributed by atoms with Gasteiger partial charge in [-0.1, -0.05) is 38.3 Å². The van der Waals surface area contributed by atoms with E-state index in [-0.39, 0.29) is 11.9 Å². The molecule has 0 heterocycles. The Morgan fingerprint density at radius 3 is 2.69 bits per heavy atom. The Balaban J connectivity index is 2.38. The highest BCUT2D eigenvalue weighted by Crippen LogP contribution is 2.23. The van der Waals surface area contributed by atoms with Gasteiger partial charge in [0.15, 0.2) is 5.78 Å². The molecule has 1 aliphatic carbocycles. The molecule has 1 rings (SSSR count). The van der Waals surface area contributed by atoms with E-state index in [1.54, 1.807) is 0 Å². The van der Waals surface area contributed by atoms with Crippen LogP contribution in [0.25, 0.3) is 0 Å². The van der Waals surface area contributed by atoms with Gasteiger partial charge in [0.25, 0.3) is 0 Å². The summed E-state index contributed by atoms with van der Waals surface area (Å²) >= 11 is 0. The number of rotatable bonds is 6. The molecule has 0 bridgehead atoms. The van der Waals surface area contributed by atoms with E-state index < -0.39 is 0 Å². The molecule has 0 saturated carbocycles. The molecule has 0 aliphatic heterocycles. The Bertz CT molecular complexity index is 300. The quantitative estimate of drug-likeness (QED) is 0.701. The summed E-state index contributed by atoms with van der Waals surface area (Å²) in [5, 5.41) is 9.69. The number of carbonyl (C=O) groups is 1. The molecule has 0 radical (unpaired) electrons. The zero-order valence-electron chi connectivity index (χ0n) is 10.3. The third-order valence-electron chi connectivity index (χ3n) is 3.14. The Morgan fingerprint density at radius 2 is 2.12 bits per heavy atom. The molecule has 1 aliphatic rings. The second-order valence-electron chi connectivity index (χ2n) is 4.50. The van der Waals surface area contributed by atoms with Gasteiger partial charge in [-0.2, -0.15) is 0 Å². The predicted octanol–water partition coefficient (Wildman–Crippen LogP) is 3.16. The molecule has 0 fully saturated rings. The number of hydrogen-bond acceptors (Lipinski definition) is 2. The van der Waals surface area contributed by atoms with Gasteiger partial charge in [0, 0.05) is 6.42 Å². The fourth-order valence-electron chi connectivity index (χ4n) is 1.94. The molecule has 1 unspecified atom stereocenters. The van der Waals surface area contributed by atoms with Crippen molar-refractivity contribution < 1.29 is 9.90 Å². The normalized spacial score (nSPS) is 18.8. The number of allylic oxidation sites excluding steroid dienone is 3. The number of aliphatic hydroxyl groups excluding tert-OH is 1. The van der Waals surface area contributed by atoms with E-state index in [4.69, 9.17) is 0 Å². The van der Waals surface area contributed by atoms with Gasteiger partial charge in [-0.25, -0.2) is 0 Å². The zero-order valence-corrected chi connectivity index (χ0v) is 10.3. The Kier molecular flexibility index (Phi) is 5.47. The number of unbranched alkanes of at least 4 members (excludes halogenated alkanes) is 2. The largest absolute Gasteiger partial charge is 0.389 e. The van der Waals surface area contributed by atoms with Crippen LogP contribution in [-0.4, -0.2) is 17.0 Å². The average Bonchev–Trinajstić information content (AvgIpc) is 2.58. The average molecular weight is 222 g/mol. The van der Waals surface area contributed by atoms with Crippen LogP contribution in [0.5, 0.6) is 0 Å². The van der Waals surface area contributed by atoms with Crippen molar-refractivity contribution in [2.75, 3.05) is 0 Å². The lowest BCUT2D eigenvalue weighted by molar-refractivity contribution is -0.114. The van der Waals surface area contributed by atoms with Gasteiger partial charge in [0.2, 0.25) is 0 Å². The maximum absolute atomic E-state index is 11.3. The first-order chi connectivity index (χ1) is 7.65. The van der Waals surface area contributed by atoms with Crippen molar-refractivity contribution in [3.8, 4) is 0 Å². The van der Waals surface area contributed by atoms with Gasteiger partial charge < -0.3 is 5.11 Å². The van der Waals surface area contributed by atoms with Crippen LogP contribution in [0.3, 0.4) is 0 Å². The van der Waals surface area contributed by atoms with Gasteiger partial charge >= 0.3 is 0 Å². The monoisotopic (exact) mass is 222 g/mol. The van der Waals surface area contributed by atoms with Gasteiger partial charge in [-0.05, 0) is 30.9 Å². The molecule has 16 heavy (non-hydrogen) atoms. The van der Waals surface area contributed by atoms with Crippen LogP contribution in [0.1, 0.15) is 52.4 Å². The third kappa shape index (κ3) is 3.93. The topological polar surface area (TPSA) is 37.3 Å². The molecule has 1 atom stereocenters. The van der Waals surface area contributed by atoms with Crippen LogP contribution in [0.15, 0.2) is 23.3 Å². The second-order valence-corrected chi connectivity index (χ2v) is 4.50. The molecule has 90 valence electrons. The lowest BCUT2D eigenvalue weighted by Gasteiger charge is -2.04. The van der Waals surface area contributed by atoms with Crippen LogP contribution >= 0.6 is 0 Å². The summed E-state index contributed by atoms with van der Waals surface area (Å²) in [6.07, 6.45) is 9.11. The lowest BCUT2D eigenvalue weighted by atomic mass is 10.1. The predicted molar refractivity (Wildman–Crippen MR) is 66.2 cm³/mol. The highest BCUT2D eigenvalue weighted by Gasteiger charge is 2.16. The van der Waals surface area contributed by atoms with E-state index >= 15 is 0 Å². The fraction of sp³-hybridized carbons (Fsp3) is 0.643. The highest BCUT2D eigenvalue weighted by atomic mass is 16.3. The molecule has 0 spiro atoms. The van der Waals surface area contributed by atoms with Crippen molar-refractivity contribution in [1.29, 1.82) is 0 Å².